The number of carbonyl (C=O) groups excluding carboxylic acids is 2. The molecule has 0 saturated heterocycles. The molecule has 5 nitrogen and oxygen atoms in total. The molecule has 0 radical (unpaired) electrons. The Balaban J connectivity index is 1.65. The van der Waals surface area contributed by atoms with Crippen LogP contribution in [0.3, 0.4) is 0 Å². The van der Waals surface area contributed by atoms with Gasteiger partial charge in [-0.2, -0.15) is 0 Å². The fraction of sp³-hybridized carbons (Fsp3) is 0.455. The number of benzene rings is 1. The number of aliphatic hydroxyl groups excluding tert-OH is 1. The molecule has 1 saturated carbocycles. The number of hydrogen-bond acceptors (Lipinski definition) is 4. The number of aromatic amines is 1. The summed E-state index contributed by atoms with van der Waals surface area (Å²) < 4.78 is 5.97. The lowest BCUT2D eigenvalue weighted by Gasteiger charge is -2.29. The Bertz CT molecular complexity index is 906. The molecular weight excluding hydrogens is 342 g/mol. The van der Waals surface area contributed by atoms with Gasteiger partial charge in [0.1, 0.15) is 11.9 Å². The zero-order valence-electron chi connectivity index (χ0n) is 15.5. The highest BCUT2D eigenvalue weighted by atomic mass is 16.5. The van der Waals surface area contributed by atoms with Gasteiger partial charge in [-0.25, -0.2) is 0 Å². The highest BCUT2D eigenvalue weighted by Crippen LogP contribution is 2.42. The monoisotopic (exact) mass is 367 g/mol. The van der Waals surface area contributed by atoms with Crippen LogP contribution in [0.15, 0.2) is 41.8 Å². The third kappa shape index (κ3) is 3.10. The maximum absolute atomic E-state index is 13.1. The van der Waals surface area contributed by atoms with Crippen LogP contribution in [0.1, 0.15) is 44.6 Å². The second-order valence-electron chi connectivity index (χ2n) is 7.88. The average Bonchev–Trinajstić information content (AvgIpc) is 3.21. The second kappa shape index (κ2) is 6.97. The van der Waals surface area contributed by atoms with E-state index in [-0.39, 0.29) is 29.5 Å². The van der Waals surface area contributed by atoms with Gasteiger partial charge in [0.05, 0.1) is 5.57 Å². The molecule has 4 rings (SSSR count). The maximum Gasteiger partial charge on any atom is 0.170 e. The van der Waals surface area contributed by atoms with Gasteiger partial charge >= 0.3 is 0 Å². The molecule has 1 aliphatic heterocycles. The number of aliphatic hydroxyl groups is 1. The minimum absolute atomic E-state index is 0.0404. The number of aldehydes is 1. The van der Waals surface area contributed by atoms with Crippen molar-refractivity contribution in [3.63, 3.8) is 0 Å². The van der Waals surface area contributed by atoms with Crippen LogP contribution >= 0.6 is 0 Å². The lowest BCUT2D eigenvalue weighted by atomic mass is 9.83. The molecule has 1 aromatic heterocycles. The Morgan fingerprint density at radius 1 is 1.30 bits per heavy atom. The number of ketones is 1. The summed E-state index contributed by atoms with van der Waals surface area (Å²) in [6.45, 7) is 1.58. The van der Waals surface area contributed by atoms with Crippen LogP contribution in [0.2, 0.25) is 0 Å². The first-order chi connectivity index (χ1) is 13.0. The van der Waals surface area contributed by atoms with Crippen LogP contribution in [-0.4, -0.2) is 33.9 Å². The number of hydrogen-bond donors (Lipinski definition) is 2. The van der Waals surface area contributed by atoms with Gasteiger partial charge in [-0.15, -0.1) is 0 Å². The number of para-hydroxylation sites is 1. The summed E-state index contributed by atoms with van der Waals surface area (Å²) in [7, 11) is 0. The Kier molecular flexibility index (Phi) is 4.64. The summed E-state index contributed by atoms with van der Waals surface area (Å²) in [4.78, 5) is 28.1. The number of fused-ring (bicyclic) bond motifs is 1. The molecule has 0 spiro atoms. The van der Waals surface area contributed by atoms with Crippen molar-refractivity contribution in [3.8, 4) is 0 Å². The predicted octanol–water partition coefficient (Wildman–Crippen LogP) is 4.03. The van der Waals surface area contributed by atoms with Gasteiger partial charge in [-0.3, -0.25) is 9.59 Å². The number of rotatable bonds is 5. The summed E-state index contributed by atoms with van der Waals surface area (Å²) in [6, 6.07) is 7.76. The van der Waals surface area contributed by atoms with Gasteiger partial charge in [0.15, 0.2) is 17.7 Å². The second-order valence-corrected chi connectivity index (χ2v) is 7.88. The fourth-order valence-corrected chi connectivity index (χ4v) is 4.58. The van der Waals surface area contributed by atoms with Gasteiger partial charge < -0.3 is 14.8 Å². The zero-order valence-corrected chi connectivity index (χ0v) is 15.5. The molecule has 27 heavy (non-hydrogen) atoms. The zero-order chi connectivity index (χ0) is 19.0. The number of ether oxygens (including phenoxy) is 1. The van der Waals surface area contributed by atoms with Crippen LogP contribution in [0.5, 0.6) is 0 Å². The number of Topliss-reactive ketones (excluding diaryl/α,β-unsaturated/α-hetero) is 1. The van der Waals surface area contributed by atoms with E-state index in [2.05, 4.69) is 4.98 Å². The summed E-state index contributed by atoms with van der Waals surface area (Å²) in [5.74, 6) is -0.136. The highest BCUT2D eigenvalue weighted by molar-refractivity contribution is 6.05. The minimum atomic E-state index is -1.38. The molecule has 1 fully saturated rings. The van der Waals surface area contributed by atoms with E-state index in [0.29, 0.717) is 6.29 Å². The molecule has 2 unspecified atom stereocenters. The Morgan fingerprint density at radius 2 is 2.04 bits per heavy atom. The highest BCUT2D eigenvalue weighted by Gasteiger charge is 2.49. The van der Waals surface area contributed by atoms with Crippen molar-refractivity contribution in [2.75, 3.05) is 0 Å². The predicted molar refractivity (Wildman–Crippen MR) is 103 cm³/mol. The Morgan fingerprint density at radius 3 is 2.78 bits per heavy atom. The molecule has 5 heteroatoms. The van der Waals surface area contributed by atoms with E-state index in [4.69, 9.17) is 4.74 Å². The van der Waals surface area contributed by atoms with Crippen LogP contribution < -0.4 is 0 Å². The van der Waals surface area contributed by atoms with Crippen molar-refractivity contribution in [1.82, 2.24) is 4.98 Å². The van der Waals surface area contributed by atoms with Crippen molar-refractivity contribution in [2.24, 2.45) is 5.92 Å². The van der Waals surface area contributed by atoms with Crippen molar-refractivity contribution >= 4 is 23.0 Å². The number of carbonyl (C=O) groups is 2. The quantitative estimate of drug-likeness (QED) is 0.782. The van der Waals surface area contributed by atoms with E-state index >= 15 is 0 Å². The standard InChI is InChI=1S/C22H25NO4/c1-22(13-24)19(20(26)21(27-22)14-7-3-2-4-8-14)18(25)11-15-12-23-17-10-6-5-9-16(15)17/h5-6,9-10,12-14,21,23,26H,2-4,7-8,11H2,1H3. The van der Waals surface area contributed by atoms with E-state index in [1.165, 1.54) is 6.42 Å². The third-order valence-corrected chi connectivity index (χ3v) is 6.00. The Labute approximate surface area is 158 Å². The molecule has 1 aliphatic carbocycles. The number of nitrogens with one attached hydrogen (secondary N) is 1. The van der Waals surface area contributed by atoms with Crippen molar-refractivity contribution < 1.29 is 19.4 Å². The van der Waals surface area contributed by atoms with Gasteiger partial charge in [-0.05, 0) is 37.3 Å². The molecule has 2 N–H and O–H groups in total. The molecule has 142 valence electrons. The SMILES string of the molecule is CC1(C=O)OC(C2CCCCC2)C(O)=C1C(=O)Cc1c[nH]c2ccccc12. The normalized spacial score (nSPS) is 26.6. The fourth-order valence-electron chi connectivity index (χ4n) is 4.58. The molecule has 2 atom stereocenters. The third-order valence-electron chi connectivity index (χ3n) is 6.00. The first-order valence-electron chi connectivity index (χ1n) is 9.69. The van der Waals surface area contributed by atoms with Crippen LogP contribution in [0.4, 0.5) is 0 Å². The largest absolute Gasteiger partial charge is 0.509 e. The molecule has 0 amide bonds. The van der Waals surface area contributed by atoms with Gasteiger partial charge in [0.25, 0.3) is 0 Å². The topological polar surface area (TPSA) is 79.4 Å². The van der Waals surface area contributed by atoms with Crippen molar-refractivity contribution in [3.05, 3.63) is 47.4 Å². The van der Waals surface area contributed by atoms with Gasteiger partial charge in [0, 0.05) is 23.5 Å². The van der Waals surface area contributed by atoms with Crippen molar-refractivity contribution in [1.29, 1.82) is 0 Å². The molecule has 2 heterocycles. The van der Waals surface area contributed by atoms with E-state index in [1.807, 2.05) is 30.5 Å². The molecular formula is C22H25NO4. The van der Waals surface area contributed by atoms with E-state index < -0.39 is 11.7 Å². The first kappa shape index (κ1) is 18.0. The van der Waals surface area contributed by atoms with Crippen LogP contribution in [0, 0.1) is 5.92 Å². The summed E-state index contributed by atoms with van der Waals surface area (Å²) in [6.07, 6.45) is 7.30. The van der Waals surface area contributed by atoms with Gasteiger partial charge in [-0.1, -0.05) is 37.5 Å². The maximum atomic E-state index is 13.1. The molecule has 1 aromatic carbocycles. The molecule has 2 aromatic rings. The van der Waals surface area contributed by atoms with E-state index in [0.717, 1.165) is 42.1 Å². The minimum Gasteiger partial charge on any atom is -0.509 e. The Hall–Kier alpha value is -2.40. The lowest BCUT2D eigenvalue weighted by molar-refractivity contribution is -0.132. The van der Waals surface area contributed by atoms with Crippen LogP contribution in [0.25, 0.3) is 10.9 Å². The van der Waals surface area contributed by atoms with E-state index in [1.54, 1.807) is 6.92 Å². The molecule has 0 bridgehead atoms. The van der Waals surface area contributed by atoms with Crippen molar-refractivity contribution in [2.45, 2.75) is 57.2 Å². The van der Waals surface area contributed by atoms with Gasteiger partial charge in [0.2, 0.25) is 0 Å². The summed E-state index contributed by atoms with van der Waals surface area (Å²) in [5.41, 5.74) is 0.554. The lowest BCUT2D eigenvalue weighted by Crippen LogP contribution is -2.36. The van der Waals surface area contributed by atoms with E-state index in [9.17, 15) is 14.7 Å². The summed E-state index contributed by atoms with van der Waals surface area (Å²) >= 11 is 0. The number of H-pyrrole nitrogens is 1. The smallest absolute Gasteiger partial charge is 0.170 e. The average molecular weight is 367 g/mol. The summed E-state index contributed by atoms with van der Waals surface area (Å²) in [5, 5.41) is 11.8. The number of aromatic nitrogens is 1. The molecule has 2 aliphatic rings. The first-order valence-corrected chi connectivity index (χ1v) is 9.69. The van der Waals surface area contributed by atoms with Crippen LogP contribution in [-0.2, 0) is 20.7 Å².